The molecule has 3 aromatic rings. The van der Waals surface area contributed by atoms with Crippen molar-refractivity contribution in [3.63, 3.8) is 0 Å². The van der Waals surface area contributed by atoms with Crippen LogP contribution in [-0.2, 0) is 4.79 Å². The lowest BCUT2D eigenvalue weighted by atomic mass is 10.3. The molecule has 4 rings (SSSR count). The molecule has 2 aromatic heterocycles. The van der Waals surface area contributed by atoms with Crippen molar-refractivity contribution in [2.24, 2.45) is 0 Å². The van der Waals surface area contributed by atoms with Crippen LogP contribution >= 0.6 is 23.5 Å². The molecule has 0 radical (unpaired) electrons. The van der Waals surface area contributed by atoms with E-state index in [-0.39, 0.29) is 27.8 Å². The third-order valence-electron chi connectivity index (χ3n) is 4.08. The van der Waals surface area contributed by atoms with Crippen LogP contribution in [0.5, 0.6) is 5.75 Å². The van der Waals surface area contributed by atoms with Gasteiger partial charge in [-0.1, -0.05) is 0 Å². The second kappa shape index (κ2) is 8.00. The summed E-state index contributed by atoms with van der Waals surface area (Å²) in [5, 5.41) is 0.518. The number of carbonyl (C=O) groups excluding carboxylic acids is 2. The molecule has 3 heterocycles. The van der Waals surface area contributed by atoms with E-state index >= 15 is 0 Å². The minimum absolute atomic E-state index is 0.240. The Balaban J connectivity index is 1.50. The summed E-state index contributed by atoms with van der Waals surface area (Å²) in [6, 6.07) is 6.86. The van der Waals surface area contributed by atoms with E-state index < -0.39 is 6.36 Å². The number of halogens is 3. The number of nitrogens with one attached hydrogen (secondary N) is 1. The van der Waals surface area contributed by atoms with Gasteiger partial charge in [0, 0.05) is 18.2 Å². The maximum atomic E-state index is 12.4. The van der Waals surface area contributed by atoms with Crippen molar-refractivity contribution >= 4 is 51.8 Å². The van der Waals surface area contributed by atoms with Crippen LogP contribution in [0.2, 0.25) is 0 Å². The number of benzene rings is 1. The van der Waals surface area contributed by atoms with Crippen molar-refractivity contribution in [1.29, 1.82) is 0 Å². The van der Waals surface area contributed by atoms with Gasteiger partial charge in [-0.2, -0.15) is 0 Å². The highest BCUT2D eigenvalue weighted by Gasteiger charge is 2.37. The van der Waals surface area contributed by atoms with Crippen molar-refractivity contribution in [3.8, 4) is 5.75 Å². The highest BCUT2D eigenvalue weighted by Crippen LogP contribution is 2.35. The number of H-pyrrole nitrogens is 1. The van der Waals surface area contributed by atoms with Gasteiger partial charge in [-0.05, 0) is 61.6 Å². The van der Waals surface area contributed by atoms with Gasteiger partial charge >= 0.3 is 6.36 Å². The first kappa shape index (κ1) is 21.4. The lowest BCUT2D eigenvalue weighted by molar-refractivity contribution is -0.274. The number of hydrogen-bond acceptors (Lipinski definition) is 7. The van der Waals surface area contributed by atoms with E-state index in [0.717, 1.165) is 23.5 Å². The smallest absolute Gasteiger partial charge is 0.450 e. The molecule has 0 aliphatic carbocycles. The summed E-state index contributed by atoms with van der Waals surface area (Å²) >= 11 is 1.97. The molecule has 1 N–H and O–H groups in total. The van der Waals surface area contributed by atoms with Gasteiger partial charge in [0.1, 0.15) is 11.5 Å². The quantitative estimate of drug-likeness (QED) is 0.483. The van der Waals surface area contributed by atoms with Crippen LogP contribution in [-0.4, -0.2) is 38.4 Å². The van der Waals surface area contributed by atoms with Crippen molar-refractivity contribution in [3.05, 3.63) is 41.0 Å². The van der Waals surface area contributed by atoms with Crippen LogP contribution in [0.15, 0.2) is 49.9 Å². The third-order valence-corrected chi connectivity index (χ3v) is 5.77. The molecule has 12 heteroatoms. The summed E-state index contributed by atoms with van der Waals surface area (Å²) < 4.78 is 46.7. The number of imidazole rings is 1. The Kier molecular flexibility index (Phi) is 5.52. The Morgan fingerprint density at radius 2 is 2.03 bits per heavy atom. The van der Waals surface area contributed by atoms with Crippen LogP contribution in [0.25, 0.3) is 17.1 Å². The van der Waals surface area contributed by atoms with Crippen LogP contribution in [0.1, 0.15) is 19.6 Å². The first-order valence-corrected chi connectivity index (χ1v) is 10.5. The number of furan rings is 1. The first-order chi connectivity index (χ1) is 14.6. The molecule has 1 saturated heterocycles. The van der Waals surface area contributed by atoms with E-state index in [4.69, 9.17) is 4.42 Å². The minimum Gasteiger partial charge on any atom is -0.450 e. The van der Waals surface area contributed by atoms with Gasteiger partial charge in [0.15, 0.2) is 10.2 Å². The standard InChI is InChI=1S/C19H14F3N3O4S2/c1-9(2)25-16(26)14(30-18(25)27)8-10-4-6-15(28-10)31-17-23-12-5-3-11(7-13(12)24-17)29-19(20,21)22/h3-9H,1-2H3,(H,23,24)/b14-8-. The number of rotatable bonds is 5. The Hall–Kier alpha value is -2.86. The number of alkyl halides is 3. The van der Waals surface area contributed by atoms with Crippen LogP contribution in [0.4, 0.5) is 18.0 Å². The third kappa shape index (κ3) is 4.74. The molecular weight excluding hydrogens is 455 g/mol. The second-order valence-electron chi connectivity index (χ2n) is 6.67. The maximum Gasteiger partial charge on any atom is 0.573 e. The van der Waals surface area contributed by atoms with E-state index in [1.807, 2.05) is 0 Å². The van der Waals surface area contributed by atoms with E-state index in [2.05, 4.69) is 14.7 Å². The molecule has 0 spiro atoms. The van der Waals surface area contributed by atoms with Crippen LogP contribution in [0.3, 0.4) is 0 Å². The fraction of sp³-hybridized carbons (Fsp3) is 0.211. The molecule has 1 aliphatic heterocycles. The zero-order chi connectivity index (χ0) is 22.3. The second-order valence-corrected chi connectivity index (χ2v) is 8.66. The number of amides is 2. The average molecular weight is 469 g/mol. The summed E-state index contributed by atoms with van der Waals surface area (Å²) in [5.74, 6) is -0.339. The number of aromatic nitrogens is 2. The van der Waals surface area contributed by atoms with Gasteiger partial charge in [-0.3, -0.25) is 14.5 Å². The number of aromatic amines is 1. The summed E-state index contributed by atoms with van der Waals surface area (Å²) in [6.07, 6.45) is -3.28. The van der Waals surface area contributed by atoms with E-state index in [1.54, 1.807) is 26.0 Å². The Morgan fingerprint density at radius 1 is 1.26 bits per heavy atom. The number of hydrogen-bond donors (Lipinski definition) is 1. The van der Waals surface area contributed by atoms with Crippen LogP contribution in [0, 0.1) is 0 Å². The molecule has 1 aromatic carbocycles. The first-order valence-electron chi connectivity index (χ1n) is 8.89. The molecule has 2 amide bonds. The maximum absolute atomic E-state index is 12.4. The summed E-state index contributed by atoms with van der Waals surface area (Å²) in [4.78, 5) is 33.0. The van der Waals surface area contributed by atoms with Gasteiger partial charge in [-0.15, -0.1) is 13.2 Å². The Labute approximate surface area is 182 Å². The normalized spacial score (nSPS) is 16.3. The Bertz CT molecular complexity index is 1200. The predicted molar refractivity (Wildman–Crippen MR) is 109 cm³/mol. The van der Waals surface area contributed by atoms with Crippen molar-refractivity contribution in [2.45, 2.75) is 36.5 Å². The zero-order valence-corrected chi connectivity index (χ0v) is 17.7. The average Bonchev–Trinajstić information content (AvgIpc) is 3.32. The highest BCUT2D eigenvalue weighted by molar-refractivity contribution is 8.18. The number of ether oxygens (including phenoxy) is 1. The fourth-order valence-corrected chi connectivity index (χ4v) is 4.54. The van der Waals surface area contributed by atoms with Crippen molar-refractivity contribution < 1.29 is 31.9 Å². The number of imide groups is 1. The molecule has 1 aliphatic rings. The Morgan fingerprint density at radius 3 is 2.71 bits per heavy atom. The van der Waals surface area contributed by atoms with E-state index in [9.17, 15) is 22.8 Å². The van der Waals surface area contributed by atoms with E-state index in [0.29, 0.717) is 27.0 Å². The fourth-order valence-electron chi connectivity index (χ4n) is 2.83. The van der Waals surface area contributed by atoms with E-state index in [1.165, 1.54) is 29.2 Å². The topological polar surface area (TPSA) is 88.4 Å². The largest absolute Gasteiger partial charge is 0.573 e. The van der Waals surface area contributed by atoms with Crippen molar-refractivity contribution in [2.75, 3.05) is 0 Å². The molecule has 0 unspecified atom stereocenters. The zero-order valence-electron chi connectivity index (χ0n) is 16.0. The summed E-state index contributed by atoms with van der Waals surface area (Å²) in [5.41, 5.74) is 0.838. The minimum atomic E-state index is -4.78. The molecule has 0 atom stereocenters. The van der Waals surface area contributed by atoms with Gasteiger partial charge in [0.05, 0.1) is 15.9 Å². The highest BCUT2D eigenvalue weighted by atomic mass is 32.2. The molecule has 0 bridgehead atoms. The summed E-state index contributed by atoms with van der Waals surface area (Å²) in [6.45, 7) is 3.51. The molecule has 0 saturated carbocycles. The number of nitrogens with zero attached hydrogens (tertiary/aromatic N) is 2. The number of thioether (sulfide) groups is 1. The van der Waals surface area contributed by atoms with Crippen LogP contribution < -0.4 is 4.74 Å². The monoisotopic (exact) mass is 469 g/mol. The summed E-state index contributed by atoms with van der Waals surface area (Å²) in [7, 11) is 0. The number of fused-ring (bicyclic) bond motifs is 1. The lowest BCUT2D eigenvalue weighted by Crippen LogP contribution is -2.34. The van der Waals surface area contributed by atoms with Gasteiger partial charge in [0.25, 0.3) is 11.1 Å². The SMILES string of the molecule is CC(C)N1C(=O)S/C(=C\c2ccc(Sc3nc4ccc(OC(F)(F)F)cc4[nH]3)o2)C1=O. The lowest BCUT2D eigenvalue weighted by Gasteiger charge is -2.16. The predicted octanol–water partition coefficient (Wildman–Crippen LogP) is 5.65. The molecule has 7 nitrogen and oxygen atoms in total. The van der Waals surface area contributed by atoms with Gasteiger partial charge < -0.3 is 14.1 Å². The van der Waals surface area contributed by atoms with Crippen molar-refractivity contribution in [1.82, 2.24) is 14.9 Å². The van der Waals surface area contributed by atoms with Gasteiger partial charge in [0.2, 0.25) is 0 Å². The molecule has 162 valence electrons. The number of carbonyl (C=O) groups is 2. The van der Waals surface area contributed by atoms with Gasteiger partial charge in [-0.25, -0.2) is 4.98 Å². The molecule has 1 fully saturated rings. The molecular formula is C19H14F3N3O4S2. The molecule has 31 heavy (non-hydrogen) atoms.